The zero-order valence-corrected chi connectivity index (χ0v) is 15.0. The number of Topliss-reactive ketones (excluding diaryl/α,β-unsaturated/α-hetero) is 1. The number of ketones is 1. The Hall–Kier alpha value is -3.46. The molecule has 6 nitrogen and oxygen atoms in total. The Morgan fingerprint density at radius 2 is 2.04 bits per heavy atom. The zero-order chi connectivity index (χ0) is 19.2. The van der Waals surface area contributed by atoms with Gasteiger partial charge in [0.05, 0.1) is 4.92 Å². The van der Waals surface area contributed by atoms with Crippen molar-refractivity contribution in [2.45, 2.75) is 19.8 Å². The van der Waals surface area contributed by atoms with Crippen LogP contribution < -0.4 is 4.90 Å². The lowest BCUT2D eigenvalue weighted by atomic mass is 10.0. The first-order valence-corrected chi connectivity index (χ1v) is 8.69. The van der Waals surface area contributed by atoms with Crippen molar-refractivity contribution in [2.75, 3.05) is 18.0 Å². The van der Waals surface area contributed by atoms with Crippen molar-refractivity contribution in [3.8, 4) is 11.8 Å². The molecule has 0 radical (unpaired) electrons. The molecule has 0 bridgehead atoms. The number of carbonyl (C=O) groups is 1. The number of hydrogen-bond donors (Lipinski definition) is 0. The number of rotatable bonds is 3. The molecule has 1 aliphatic heterocycles. The largest absolute Gasteiger partial charge is 0.350 e. The second-order valence-corrected chi connectivity index (χ2v) is 6.30. The van der Waals surface area contributed by atoms with E-state index in [-0.39, 0.29) is 11.5 Å². The average molecular weight is 361 g/mol. The number of pyridine rings is 1. The fourth-order valence-corrected chi connectivity index (χ4v) is 2.96. The van der Waals surface area contributed by atoms with Gasteiger partial charge in [0.25, 0.3) is 0 Å². The summed E-state index contributed by atoms with van der Waals surface area (Å²) in [5, 5.41) is 11.2. The van der Waals surface area contributed by atoms with Crippen molar-refractivity contribution in [2.24, 2.45) is 0 Å². The van der Waals surface area contributed by atoms with Crippen molar-refractivity contribution in [1.82, 2.24) is 4.98 Å². The Labute approximate surface area is 157 Å². The highest BCUT2D eigenvalue weighted by atomic mass is 16.6. The standard InChI is InChI=1S/C21H19N3O3/c1-16(25)19-8-3-7-18(15-19)6-2-5-17-10-13-23(14-11-17)21-20(24(26)27)9-4-12-22-21/h3-5,7-9,12,15H,10-11,13-14H2,1H3. The summed E-state index contributed by atoms with van der Waals surface area (Å²) >= 11 is 0. The molecule has 0 aliphatic carbocycles. The zero-order valence-electron chi connectivity index (χ0n) is 15.0. The van der Waals surface area contributed by atoms with Gasteiger partial charge in [0.15, 0.2) is 5.78 Å². The summed E-state index contributed by atoms with van der Waals surface area (Å²) in [5.41, 5.74) is 2.70. The van der Waals surface area contributed by atoms with Crippen LogP contribution in [0.2, 0.25) is 0 Å². The third-order valence-electron chi connectivity index (χ3n) is 4.43. The van der Waals surface area contributed by atoms with Gasteiger partial charge in [-0.2, -0.15) is 0 Å². The van der Waals surface area contributed by atoms with E-state index in [9.17, 15) is 14.9 Å². The van der Waals surface area contributed by atoms with E-state index in [2.05, 4.69) is 16.8 Å². The molecule has 0 N–H and O–H groups in total. The van der Waals surface area contributed by atoms with E-state index in [4.69, 9.17) is 0 Å². The minimum atomic E-state index is -0.395. The van der Waals surface area contributed by atoms with E-state index in [1.54, 1.807) is 24.4 Å². The van der Waals surface area contributed by atoms with E-state index in [0.29, 0.717) is 24.5 Å². The molecule has 0 amide bonds. The molecule has 0 spiro atoms. The van der Waals surface area contributed by atoms with E-state index in [0.717, 1.165) is 18.4 Å². The minimum absolute atomic E-state index is 0.0213. The van der Waals surface area contributed by atoms with E-state index < -0.39 is 4.92 Å². The smallest absolute Gasteiger partial charge is 0.311 e. The van der Waals surface area contributed by atoms with Gasteiger partial charge < -0.3 is 4.90 Å². The highest BCUT2D eigenvalue weighted by molar-refractivity contribution is 5.94. The van der Waals surface area contributed by atoms with Crippen molar-refractivity contribution < 1.29 is 9.72 Å². The highest BCUT2D eigenvalue weighted by Gasteiger charge is 2.23. The number of aromatic nitrogens is 1. The van der Waals surface area contributed by atoms with Crippen LogP contribution in [0.1, 0.15) is 35.7 Å². The quantitative estimate of drug-likeness (QED) is 0.360. The van der Waals surface area contributed by atoms with Gasteiger partial charge in [-0.25, -0.2) is 4.98 Å². The summed E-state index contributed by atoms with van der Waals surface area (Å²) in [4.78, 5) is 28.3. The second-order valence-electron chi connectivity index (χ2n) is 6.30. The van der Waals surface area contributed by atoms with Crippen LogP contribution in [0.4, 0.5) is 11.5 Å². The van der Waals surface area contributed by atoms with Gasteiger partial charge in [-0.05, 0) is 44.0 Å². The number of anilines is 1. The lowest BCUT2D eigenvalue weighted by Gasteiger charge is -2.28. The predicted octanol–water partition coefficient (Wildman–Crippen LogP) is 3.77. The third-order valence-corrected chi connectivity index (χ3v) is 4.43. The second kappa shape index (κ2) is 8.28. The molecule has 27 heavy (non-hydrogen) atoms. The molecule has 6 heteroatoms. The molecule has 2 aromatic rings. The van der Waals surface area contributed by atoms with Gasteiger partial charge in [-0.1, -0.05) is 29.5 Å². The number of piperidine rings is 1. The maximum atomic E-state index is 11.4. The first-order chi connectivity index (χ1) is 13.0. The molecule has 0 atom stereocenters. The summed E-state index contributed by atoms with van der Waals surface area (Å²) in [6, 6.07) is 10.3. The number of hydrogen-bond acceptors (Lipinski definition) is 5. The Kier molecular flexibility index (Phi) is 5.62. The number of benzene rings is 1. The molecular formula is C21H19N3O3. The van der Waals surface area contributed by atoms with Gasteiger partial charge in [0, 0.05) is 36.5 Å². The monoisotopic (exact) mass is 361 g/mol. The summed E-state index contributed by atoms with van der Waals surface area (Å²) in [7, 11) is 0. The Morgan fingerprint density at radius 1 is 1.26 bits per heavy atom. The van der Waals surface area contributed by atoms with E-state index in [1.807, 2.05) is 23.1 Å². The fourth-order valence-electron chi connectivity index (χ4n) is 2.96. The Balaban J connectivity index is 1.66. The van der Waals surface area contributed by atoms with Gasteiger partial charge in [0.2, 0.25) is 5.82 Å². The number of nitrogens with zero attached hydrogens (tertiary/aromatic N) is 3. The van der Waals surface area contributed by atoms with Crippen LogP contribution in [0.5, 0.6) is 0 Å². The lowest BCUT2D eigenvalue weighted by Crippen LogP contribution is -2.31. The van der Waals surface area contributed by atoms with Crippen LogP contribution in [-0.2, 0) is 0 Å². The summed E-state index contributed by atoms with van der Waals surface area (Å²) in [6.07, 6.45) is 5.06. The number of allylic oxidation sites excluding steroid dienone is 1. The minimum Gasteiger partial charge on any atom is -0.350 e. The Morgan fingerprint density at radius 3 is 2.74 bits per heavy atom. The third kappa shape index (κ3) is 4.59. The highest BCUT2D eigenvalue weighted by Crippen LogP contribution is 2.28. The molecular weight excluding hydrogens is 342 g/mol. The van der Waals surface area contributed by atoms with E-state index in [1.165, 1.54) is 18.6 Å². The first kappa shape index (κ1) is 18.3. The van der Waals surface area contributed by atoms with Gasteiger partial charge in [-0.15, -0.1) is 0 Å². The van der Waals surface area contributed by atoms with Crippen LogP contribution in [0, 0.1) is 22.0 Å². The summed E-state index contributed by atoms with van der Waals surface area (Å²) in [6.45, 7) is 2.88. The van der Waals surface area contributed by atoms with Crippen LogP contribution in [0.25, 0.3) is 0 Å². The maximum absolute atomic E-state index is 11.4. The first-order valence-electron chi connectivity index (χ1n) is 8.69. The predicted molar refractivity (Wildman–Crippen MR) is 104 cm³/mol. The van der Waals surface area contributed by atoms with Crippen LogP contribution in [0.3, 0.4) is 0 Å². The number of nitro groups is 1. The van der Waals surface area contributed by atoms with Crippen LogP contribution >= 0.6 is 0 Å². The molecule has 0 unspecified atom stereocenters. The molecule has 1 aromatic carbocycles. The molecule has 2 heterocycles. The summed E-state index contributed by atoms with van der Waals surface area (Å²) in [5.74, 6) is 6.56. The van der Waals surface area contributed by atoms with Crippen molar-refractivity contribution in [3.05, 3.63) is 75.5 Å². The molecule has 0 saturated carbocycles. The molecule has 3 rings (SSSR count). The van der Waals surface area contributed by atoms with E-state index >= 15 is 0 Å². The van der Waals surface area contributed by atoms with Gasteiger partial charge >= 0.3 is 5.69 Å². The Bertz CT molecular complexity index is 960. The normalized spacial score (nSPS) is 13.5. The molecule has 1 saturated heterocycles. The van der Waals surface area contributed by atoms with Crippen LogP contribution in [-0.4, -0.2) is 28.8 Å². The van der Waals surface area contributed by atoms with Gasteiger partial charge in [-0.3, -0.25) is 14.9 Å². The topological polar surface area (TPSA) is 76.3 Å². The number of carbonyl (C=O) groups excluding carboxylic acids is 1. The van der Waals surface area contributed by atoms with Gasteiger partial charge in [0.1, 0.15) is 0 Å². The molecule has 1 fully saturated rings. The van der Waals surface area contributed by atoms with Crippen molar-refractivity contribution in [3.63, 3.8) is 0 Å². The van der Waals surface area contributed by atoms with Crippen molar-refractivity contribution in [1.29, 1.82) is 0 Å². The maximum Gasteiger partial charge on any atom is 0.311 e. The van der Waals surface area contributed by atoms with Crippen LogP contribution in [0.15, 0.2) is 54.2 Å². The molecule has 1 aromatic heterocycles. The van der Waals surface area contributed by atoms with Crippen molar-refractivity contribution >= 4 is 17.3 Å². The molecule has 1 aliphatic rings. The average Bonchev–Trinajstić information content (AvgIpc) is 2.69. The molecule has 136 valence electrons. The fraction of sp³-hybridized carbons (Fsp3) is 0.238. The summed E-state index contributed by atoms with van der Waals surface area (Å²) < 4.78 is 0. The SMILES string of the molecule is CC(=O)c1cccc(C#CC=C2CCN(c3ncccc3[N+](=O)[O-])CC2)c1. The lowest BCUT2D eigenvalue weighted by molar-refractivity contribution is -0.384.